The van der Waals surface area contributed by atoms with Gasteiger partial charge in [-0.25, -0.2) is 0 Å². The third-order valence-electron chi connectivity index (χ3n) is 3.09. The minimum Gasteiger partial charge on any atom is -0.255 e. The molecule has 0 bridgehead atoms. The maximum Gasteiger partial charge on any atom is 0.416 e. The molecule has 0 atom stereocenters. The molecule has 4 aromatic heterocycles. The van der Waals surface area contributed by atoms with Crippen molar-refractivity contribution in [3.05, 3.63) is 41.4 Å². The average Bonchev–Trinajstić information content (AvgIpc) is 3.08. The van der Waals surface area contributed by atoms with Crippen molar-refractivity contribution in [1.29, 1.82) is 0 Å². The van der Waals surface area contributed by atoms with Crippen LogP contribution in [0.2, 0.25) is 0 Å². The van der Waals surface area contributed by atoms with E-state index >= 15 is 0 Å². The lowest BCUT2D eigenvalue weighted by molar-refractivity contribution is -0.137. The maximum atomic E-state index is 12.8. The molecule has 0 saturated carbocycles. The molecule has 0 amide bonds. The van der Waals surface area contributed by atoms with Gasteiger partial charge in [-0.3, -0.25) is 4.98 Å². The molecule has 0 spiro atoms. The van der Waals surface area contributed by atoms with Crippen LogP contribution >= 0.6 is 34.0 Å². The van der Waals surface area contributed by atoms with Gasteiger partial charge >= 0.3 is 6.18 Å². The zero-order valence-corrected chi connectivity index (χ0v) is 12.7. The Balaban J connectivity index is 1.87. The molecule has 4 rings (SSSR count). The second kappa shape index (κ2) is 4.53. The Bertz CT molecular complexity index is 945. The fraction of sp³-hybridized carbons (Fsp3) is 0.0714. The number of hydrogen-bond acceptors (Lipinski definition) is 4. The highest BCUT2D eigenvalue weighted by Gasteiger charge is 2.31. The first-order valence-corrected chi connectivity index (χ1v) is 8.47. The number of nitrogens with zero attached hydrogens (tertiary/aromatic N) is 1. The van der Waals surface area contributed by atoms with Gasteiger partial charge in [-0.15, -0.1) is 34.0 Å². The number of rotatable bonds is 1. The number of halogens is 3. The molecule has 0 unspecified atom stereocenters. The van der Waals surface area contributed by atoms with Crippen LogP contribution in [0.5, 0.6) is 0 Å². The minimum absolute atomic E-state index is 0.378. The van der Waals surface area contributed by atoms with E-state index < -0.39 is 11.7 Å². The predicted molar refractivity (Wildman–Crippen MR) is 83.3 cm³/mol. The molecular weight excluding hydrogens is 335 g/mol. The van der Waals surface area contributed by atoms with Crippen molar-refractivity contribution in [2.24, 2.45) is 0 Å². The number of fused-ring (bicyclic) bond motifs is 3. The van der Waals surface area contributed by atoms with Crippen LogP contribution in [0.1, 0.15) is 5.56 Å². The number of thiophene rings is 3. The largest absolute Gasteiger partial charge is 0.416 e. The van der Waals surface area contributed by atoms with Gasteiger partial charge in [0.15, 0.2) is 0 Å². The van der Waals surface area contributed by atoms with E-state index in [0.29, 0.717) is 5.69 Å². The van der Waals surface area contributed by atoms with Crippen molar-refractivity contribution in [1.82, 2.24) is 4.98 Å². The molecule has 0 aromatic carbocycles. The molecular formula is C14H6F3NS3. The molecule has 1 nitrogen and oxygen atoms in total. The summed E-state index contributed by atoms with van der Waals surface area (Å²) in [6.07, 6.45) is -3.12. The molecule has 21 heavy (non-hydrogen) atoms. The molecule has 0 fully saturated rings. The van der Waals surface area contributed by atoms with E-state index in [2.05, 4.69) is 11.1 Å². The van der Waals surface area contributed by atoms with Crippen LogP contribution in [0.15, 0.2) is 35.8 Å². The zero-order chi connectivity index (χ0) is 14.6. The third kappa shape index (κ3) is 2.16. The van der Waals surface area contributed by atoms with Gasteiger partial charge in [0.2, 0.25) is 0 Å². The van der Waals surface area contributed by atoms with E-state index in [9.17, 15) is 13.2 Å². The SMILES string of the molecule is FC(F)(F)c1ccnc(-c2cc3sc4ccsc4c3s2)c1. The first kappa shape index (κ1) is 13.2. The zero-order valence-electron chi connectivity index (χ0n) is 10.3. The van der Waals surface area contributed by atoms with Crippen molar-refractivity contribution in [2.75, 3.05) is 0 Å². The number of pyridine rings is 1. The van der Waals surface area contributed by atoms with Gasteiger partial charge in [-0.1, -0.05) is 0 Å². The minimum atomic E-state index is -4.34. The molecule has 0 N–H and O–H groups in total. The summed E-state index contributed by atoms with van der Waals surface area (Å²) in [6, 6.07) is 6.11. The van der Waals surface area contributed by atoms with Crippen molar-refractivity contribution in [2.45, 2.75) is 6.18 Å². The lowest BCUT2D eigenvalue weighted by atomic mass is 10.2. The van der Waals surface area contributed by atoms with Crippen LogP contribution in [0.25, 0.3) is 29.4 Å². The Labute approximate surface area is 129 Å². The number of hydrogen-bond donors (Lipinski definition) is 0. The van der Waals surface area contributed by atoms with Gasteiger partial charge in [0.1, 0.15) is 0 Å². The monoisotopic (exact) mass is 341 g/mol. The van der Waals surface area contributed by atoms with E-state index in [1.807, 2.05) is 11.4 Å². The van der Waals surface area contributed by atoms with E-state index in [-0.39, 0.29) is 0 Å². The summed E-state index contributed by atoms with van der Waals surface area (Å²) >= 11 is 4.83. The Morgan fingerprint density at radius 1 is 0.952 bits per heavy atom. The maximum absolute atomic E-state index is 12.8. The van der Waals surface area contributed by atoms with Crippen molar-refractivity contribution < 1.29 is 13.2 Å². The highest BCUT2D eigenvalue weighted by atomic mass is 32.1. The van der Waals surface area contributed by atoms with E-state index in [1.54, 1.807) is 22.7 Å². The van der Waals surface area contributed by atoms with Crippen LogP contribution < -0.4 is 0 Å². The Kier molecular flexibility index (Phi) is 2.85. The van der Waals surface area contributed by atoms with Crippen molar-refractivity contribution in [3.8, 4) is 10.6 Å². The predicted octanol–water partition coefficient (Wildman–Crippen LogP) is 6.26. The Morgan fingerprint density at radius 2 is 1.81 bits per heavy atom. The number of alkyl halides is 3. The highest BCUT2D eigenvalue weighted by Crippen LogP contribution is 2.44. The van der Waals surface area contributed by atoms with Crippen LogP contribution in [0, 0.1) is 0 Å². The summed E-state index contributed by atoms with van der Waals surface area (Å²) in [6.45, 7) is 0. The normalized spacial score (nSPS) is 12.5. The summed E-state index contributed by atoms with van der Waals surface area (Å²) in [4.78, 5) is 4.86. The Hall–Kier alpha value is -1.44. The fourth-order valence-electron chi connectivity index (χ4n) is 2.14. The summed E-state index contributed by atoms with van der Waals surface area (Å²) in [5.41, 5.74) is -0.284. The van der Waals surface area contributed by atoms with Gasteiger partial charge in [-0.2, -0.15) is 13.2 Å². The first-order chi connectivity index (χ1) is 10.0. The van der Waals surface area contributed by atoms with Crippen LogP contribution in [0.3, 0.4) is 0 Å². The van der Waals surface area contributed by atoms with Crippen LogP contribution in [-0.2, 0) is 6.18 Å². The quantitative estimate of drug-likeness (QED) is 0.398. The second-order valence-corrected chi connectivity index (χ2v) is 7.50. The van der Waals surface area contributed by atoms with Crippen molar-refractivity contribution in [3.63, 3.8) is 0 Å². The van der Waals surface area contributed by atoms with Gasteiger partial charge < -0.3 is 0 Å². The topological polar surface area (TPSA) is 12.9 Å². The van der Waals surface area contributed by atoms with E-state index in [0.717, 1.165) is 26.4 Å². The molecule has 4 aromatic rings. The average molecular weight is 341 g/mol. The van der Waals surface area contributed by atoms with Gasteiger partial charge in [-0.05, 0) is 29.6 Å². The summed E-state index contributed by atoms with van der Waals surface area (Å²) in [5.74, 6) is 0. The molecule has 106 valence electrons. The van der Waals surface area contributed by atoms with E-state index in [4.69, 9.17) is 0 Å². The van der Waals surface area contributed by atoms with Gasteiger partial charge in [0, 0.05) is 15.6 Å². The molecule has 0 saturated heterocycles. The van der Waals surface area contributed by atoms with Gasteiger partial charge in [0.25, 0.3) is 0 Å². The standard InChI is InChI=1S/C14H6F3NS3/c15-14(16,17)7-1-3-18-8(5-7)10-6-11-13(21-10)12-9(20-11)2-4-19-12/h1-6H. The highest BCUT2D eigenvalue weighted by molar-refractivity contribution is 7.38. The third-order valence-corrected chi connectivity index (χ3v) is 6.69. The molecule has 0 aliphatic heterocycles. The molecule has 0 aliphatic rings. The second-order valence-electron chi connectivity index (χ2n) is 4.45. The molecule has 4 heterocycles. The van der Waals surface area contributed by atoms with Crippen LogP contribution in [0.4, 0.5) is 13.2 Å². The molecule has 0 radical (unpaired) electrons. The first-order valence-electron chi connectivity index (χ1n) is 5.95. The Morgan fingerprint density at radius 3 is 2.62 bits per heavy atom. The lowest BCUT2D eigenvalue weighted by Crippen LogP contribution is -2.04. The molecule has 7 heteroatoms. The summed E-state index contributed by atoms with van der Waals surface area (Å²) in [7, 11) is 0. The van der Waals surface area contributed by atoms with Crippen molar-refractivity contribution >= 4 is 52.8 Å². The fourth-order valence-corrected chi connectivity index (χ4v) is 5.87. The summed E-state index contributed by atoms with van der Waals surface area (Å²) in [5, 5.41) is 2.03. The van der Waals surface area contributed by atoms with Gasteiger partial charge in [0.05, 0.1) is 25.5 Å². The van der Waals surface area contributed by atoms with Crippen LogP contribution in [-0.4, -0.2) is 4.98 Å². The molecule has 0 aliphatic carbocycles. The lowest BCUT2D eigenvalue weighted by Gasteiger charge is -2.06. The van der Waals surface area contributed by atoms with E-state index in [1.165, 1.54) is 26.9 Å². The number of aromatic nitrogens is 1. The summed E-state index contributed by atoms with van der Waals surface area (Å²) < 4.78 is 43.0. The smallest absolute Gasteiger partial charge is 0.255 e.